The van der Waals surface area contributed by atoms with Crippen LogP contribution in [0.1, 0.15) is 41.6 Å². The van der Waals surface area contributed by atoms with Crippen molar-refractivity contribution < 1.29 is 38.1 Å². The number of piperazine rings is 1. The molecule has 0 radical (unpaired) electrons. The van der Waals surface area contributed by atoms with E-state index in [1.807, 2.05) is 23.1 Å². The molecule has 2 heterocycles. The Morgan fingerprint density at radius 3 is 2.10 bits per heavy atom. The highest BCUT2D eigenvalue weighted by atomic mass is 16.5. The Bertz CT molecular complexity index is 1200. The van der Waals surface area contributed by atoms with Gasteiger partial charge in [-0.3, -0.25) is 14.4 Å². The van der Waals surface area contributed by atoms with Crippen LogP contribution in [0, 0.1) is 0 Å². The summed E-state index contributed by atoms with van der Waals surface area (Å²) < 4.78 is 26.6. The van der Waals surface area contributed by atoms with Gasteiger partial charge in [-0.2, -0.15) is 0 Å². The predicted molar refractivity (Wildman–Crippen MR) is 143 cm³/mol. The minimum absolute atomic E-state index is 0.0964. The average molecular weight is 541 g/mol. The molecule has 2 bridgehead atoms. The molecule has 2 amide bonds. The van der Waals surface area contributed by atoms with Gasteiger partial charge in [-0.25, -0.2) is 0 Å². The van der Waals surface area contributed by atoms with Gasteiger partial charge in [0.25, 0.3) is 11.7 Å². The number of unbranched alkanes of at least 4 members (excludes halogenated alkanes) is 1. The first-order valence-corrected chi connectivity index (χ1v) is 13.0. The number of rotatable bonds is 12. The first-order chi connectivity index (χ1) is 18.9. The number of fused-ring (bicyclic) bond motifs is 2. The second-order valence-electron chi connectivity index (χ2n) is 9.63. The highest BCUT2D eigenvalue weighted by Gasteiger charge is 2.49. The summed E-state index contributed by atoms with van der Waals surface area (Å²) in [6, 6.07) is 8.00. The SMILES string of the molecule is COc1ccc(CCCCN2C[C@H]3CC[C@@H](C2=O)N3C(=O)C(=O)c2cc(OC)c(OC)c(OC)c2)cc1OC. The van der Waals surface area contributed by atoms with Gasteiger partial charge in [0.15, 0.2) is 23.0 Å². The Morgan fingerprint density at radius 2 is 1.49 bits per heavy atom. The molecule has 0 saturated carbocycles. The smallest absolute Gasteiger partial charge is 0.295 e. The molecule has 10 heteroatoms. The maximum absolute atomic E-state index is 13.4. The van der Waals surface area contributed by atoms with Crippen molar-refractivity contribution in [3.8, 4) is 28.7 Å². The third-order valence-electron chi connectivity index (χ3n) is 7.48. The number of methoxy groups -OCH3 is 5. The molecule has 0 N–H and O–H groups in total. The van der Waals surface area contributed by atoms with Crippen molar-refractivity contribution in [1.82, 2.24) is 9.80 Å². The molecule has 2 atom stereocenters. The Morgan fingerprint density at radius 1 is 0.821 bits per heavy atom. The van der Waals surface area contributed by atoms with Crippen LogP contribution >= 0.6 is 0 Å². The summed E-state index contributed by atoms with van der Waals surface area (Å²) in [7, 11) is 7.58. The van der Waals surface area contributed by atoms with E-state index in [9.17, 15) is 14.4 Å². The number of nitrogens with zero attached hydrogens (tertiary/aromatic N) is 2. The molecule has 2 saturated heterocycles. The van der Waals surface area contributed by atoms with Crippen molar-refractivity contribution in [2.45, 2.75) is 44.2 Å². The fraction of sp³-hybridized carbons (Fsp3) is 0.483. The van der Waals surface area contributed by atoms with Gasteiger partial charge < -0.3 is 33.5 Å². The zero-order valence-electron chi connectivity index (χ0n) is 23.2. The number of amides is 2. The molecular formula is C29H36N2O8. The molecule has 2 aromatic rings. The molecule has 0 aliphatic carbocycles. The topological polar surface area (TPSA) is 104 Å². The van der Waals surface area contributed by atoms with Crippen LogP contribution < -0.4 is 23.7 Å². The van der Waals surface area contributed by atoms with Gasteiger partial charge in [0.2, 0.25) is 11.7 Å². The van der Waals surface area contributed by atoms with E-state index in [0.29, 0.717) is 43.2 Å². The van der Waals surface area contributed by atoms with Gasteiger partial charge in [0, 0.05) is 18.7 Å². The molecule has 0 unspecified atom stereocenters. The van der Waals surface area contributed by atoms with Crippen LogP contribution in [0.2, 0.25) is 0 Å². The summed E-state index contributed by atoms with van der Waals surface area (Å²) in [5.41, 5.74) is 1.26. The lowest BCUT2D eigenvalue weighted by Crippen LogP contribution is -2.60. The molecule has 2 aliphatic heterocycles. The summed E-state index contributed by atoms with van der Waals surface area (Å²) in [5, 5.41) is 0. The van der Waals surface area contributed by atoms with Crippen LogP contribution in [0.4, 0.5) is 0 Å². The fourth-order valence-corrected chi connectivity index (χ4v) is 5.49. The van der Waals surface area contributed by atoms with E-state index in [-0.39, 0.29) is 29.0 Å². The number of carbonyl (C=O) groups excluding carboxylic acids is 3. The number of ketones is 1. The maximum Gasteiger partial charge on any atom is 0.295 e. The molecule has 2 aromatic carbocycles. The molecule has 0 spiro atoms. The summed E-state index contributed by atoms with van der Waals surface area (Å²) in [6.45, 7) is 1.04. The quantitative estimate of drug-likeness (QED) is 0.230. The number of benzene rings is 2. The molecule has 0 aromatic heterocycles. The van der Waals surface area contributed by atoms with E-state index in [2.05, 4.69) is 0 Å². The second-order valence-corrected chi connectivity index (χ2v) is 9.63. The van der Waals surface area contributed by atoms with Gasteiger partial charge in [-0.05, 0) is 61.9 Å². The Kier molecular flexibility index (Phi) is 8.83. The number of carbonyl (C=O) groups is 3. The first kappa shape index (κ1) is 28.1. The third kappa shape index (κ3) is 5.60. The largest absolute Gasteiger partial charge is 0.493 e. The normalized spacial score (nSPS) is 18.1. The molecule has 39 heavy (non-hydrogen) atoms. The lowest BCUT2D eigenvalue weighted by atomic mass is 10.0. The third-order valence-corrected chi connectivity index (χ3v) is 7.48. The van der Waals surface area contributed by atoms with Gasteiger partial charge in [-0.15, -0.1) is 0 Å². The number of aryl methyl sites for hydroxylation is 1. The number of Topliss-reactive ketones (excluding diaryl/α,β-unsaturated/α-hetero) is 1. The summed E-state index contributed by atoms with van der Waals surface area (Å²) in [5.74, 6) is 0.803. The van der Waals surface area contributed by atoms with E-state index in [1.54, 1.807) is 14.2 Å². The fourth-order valence-electron chi connectivity index (χ4n) is 5.49. The van der Waals surface area contributed by atoms with Crippen molar-refractivity contribution in [2.75, 3.05) is 48.6 Å². The first-order valence-electron chi connectivity index (χ1n) is 13.0. The lowest BCUT2D eigenvalue weighted by Gasteiger charge is -2.40. The minimum Gasteiger partial charge on any atom is -0.493 e. The van der Waals surface area contributed by atoms with Crippen LogP contribution in [-0.4, -0.2) is 88.1 Å². The van der Waals surface area contributed by atoms with E-state index in [4.69, 9.17) is 23.7 Å². The van der Waals surface area contributed by atoms with Crippen molar-refractivity contribution >= 4 is 17.6 Å². The highest BCUT2D eigenvalue weighted by Crippen LogP contribution is 2.39. The molecular weight excluding hydrogens is 504 g/mol. The molecule has 4 rings (SSSR count). The van der Waals surface area contributed by atoms with E-state index in [1.165, 1.54) is 38.4 Å². The van der Waals surface area contributed by atoms with Crippen molar-refractivity contribution in [3.63, 3.8) is 0 Å². The zero-order chi connectivity index (χ0) is 28.1. The highest BCUT2D eigenvalue weighted by molar-refractivity contribution is 6.43. The van der Waals surface area contributed by atoms with E-state index < -0.39 is 17.7 Å². The second kappa shape index (κ2) is 12.3. The number of likely N-dealkylation sites (tertiary alicyclic amines) is 1. The molecule has 10 nitrogen and oxygen atoms in total. The Hall–Kier alpha value is -3.95. The van der Waals surface area contributed by atoms with Crippen LogP contribution in [0.15, 0.2) is 30.3 Å². The Labute approximate surface area is 228 Å². The zero-order valence-corrected chi connectivity index (χ0v) is 23.2. The average Bonchev–Trinajstić information content (AvgIpc) is 3.32. The predicted octanol–water partition coefficient (Wildman–Crippen LogP) is 3.14. The monoisotopic (exact) mass is 540 g/mol. The summed E-state index contributed by atoms with van der Waals surface area (Å²) in [6.07, 6.45) is 3.82. The lowest BCUT2D eigenvalue weighted by molar-refractivity contribution is -0.149. The van der Waals surface area contributed by atoms with Crippen LogP contribution in [-0.2, 0) is 16.0 Å². The van der Waals surface area contributed by atoms with Crippen LogP contribution in [0.3, 0.4) is 0 Å². The molecule has 2 aliphatic rings. The van der Waals surface area contributed by atoms with Gasteiger partial charge in [0.1, 0.15) is 6.04 Å². The van der Waals surface area contributed by atoms with Crippen molar-refractivity contribution in [1.29, 1.82) is 0 Å². The van der Waals surface area contributed by atoms with E-state index >= 15 is 0 Å². The van der Waals surface area contributed by atoms with Crippen LogP contribution in [0.5, 0.6) is 28.7 Å². The minimum atomic E-state index is -0.706. The number of ether oxygens (including phenoxy) is 5. The van der Waals surface area contributed by atoms with Crippen molar-refractivity contribution in [2.24, 2.45) is 0 Å². The maximum atomic E-state index is 13.4. The molecule has 210 valence electrons. The van der Waals surface area contributed by atoms with Gasteiger partial charge in [-0.1, -0.05) is 6.07 Å². The Balaban J connectivity index is 1.37. The number of hydrogen-bond donors (Lipinski definition) is 0. The van der Waals surface area contributed by atoms with Gasteiger partial charge >= 0.3 is 0 Å². The summed E-state index contributed by atoms with van der Waals surface area (Å²) in [4.78, 5) is 43.2. The summed E-state index contributed by atoms with van der Waals surface area (Å²) >= 11 is 0. The standard InChI is InChI=1S/C29H36N2O8/c1-35-22-12-9-18(14-23(22)36-2)8-6-7-13-30-17-20-10-11-21(28(30)33)31(20)29(34)26(32)19-15-24(37-3)27(39-5)25(16-19)38-4/h9,12,14-16,20-21H,6-8,10-11,13,17H2,1-5H3/t20-,21+/m1/s1. The van der Waals surface area contributed by atoms with Crippen molar-refractivity contribution in [3.05, 3.63) is 41.5 Å². The molecule has 2 fully saturated rings. The van der Waals surface area contributed by atoms with E-state index in [0.717, 1.165) is 24.8 Å². The van der Waals surface area contributed by atoms with Gasteiger partial charge in [0.05, 0.1) is 41.6 Å². The van der Waals surface area contributed by atoms with Crippen LogP contribution in [0.25, 0.3) is 0 Å². The number of hydrogen-bond acceptors (Lipinski definition) is 8.